The van der Waals surface area contributed by atoms with Crippen molar-refractivity contribution < 1.29 is 9.15 Å². The summed E-state index contributed by atoms with van der Waals surface area (Å²) in [5.74, 6) is 0.292. The zero-order valence-electron chi connectivity index (χ0n) is 6.80. The summed E-state index contributed by atoms with van der Waals surface area (Å²) in [7, 11) is 1.47. The highest BCUT2D eigenvalue weighted by molar-refractivity contribution is 5.24. The van der Waals surface area contributed by atoms with Crippen molar-refractivity contribution in [2.24, 2.45) is 0 Å². The smallest absolute Gasteiger partial charge is 0.290 e. The third-order valence-electron chi connectivity index (χ3n) is 1.53. The molecule has 0 aliphatic rings. The molecule has 0 N–H and O–H groups in total. The van der Waals surface area contributed by atoms with Crippen LogP contribution in [-0.2, 0) is 0 Å². The van der Waals surface area contributed by atoms with Gasteiger partial charge in [-0.2, -0.15) is 0 Å². The van der Waals surface area contributed by atoms with Crippen LogP contribution in [0.25, 0.3) is 0 Å². The first kappa shape index (κ1) is 7.85. The van der Waals surface area contributed by atoms with Gasteiger partial charge in [0.15, 0.2) is 5.43 Å². The van der Waals surface area contributed by atoms with Crippen molar-refractivity contribution in [3.05, 3.63) is 27.6 Å². The molecule has 60 valence electrons. The fourth-order valence-corrected chi connectivity index (χ4v) is 0.873. The molecule has 11 heavy (non-hydrogen) atoms. The van der Waals surface area contributed by atoms with Crippen molar-refractivity contribution in [3.63, 3.8) is 0 Å². The number of methoxy groups -OCH3 is 1. The third-order valence-corrected chi connectivity index (χ3v) is 1.53. The van der Waals surface area contributed by atoms with E-state index in [0.29, 0.717) is 17.1 Å². The van der Waals surface area contributed by atoms with E-state index < -0.39 is 0 Å². The minimum Gasteiger partial charge on any atom is -0.468 e. The van der Waals surface area contributed by atoms with E-state index >= 15 is 0 Å². The molecule has 0 spiro atoms. The van der Waals surface area contributed by atoms with Crippen molar-refractivity contribution in [3.8, 4) is 5.95 Å². The molecule has 0 aliphatic heterocycles. The lowest BCUT2D eigenvalue weighted by Gasteiger charge is -2.00. The fourth-order valence-electron chi connectivity index (χ4n) is 0.873. The predicted molar refractivity (Wildman–Crippen MR) is 41.0 cm³/mol. The number of hydrogen-bond acceptors (Lipinski definition) is 3. The van der Waals surface area contributed by atoms with Crippen LogP contribution >= 0.6 is 0 Å². The second-order valence-corrected chi connectivity index (χ2v) is 2.36. The first-order valence-corrected chi connectivity index (χ1v) is 3.29. The summed E-state index contributed by atoms with van der Waals surface area (Å²) < 4.78 is 9.81. The van der Waals surface area contributed by atoms with E-state index in [-0.39, 0.29) is 5.43 Å². The highest BCUT2D eigenvalue weighted by Crippen LogP contribution is 2.12. The van der Waals surface area contributed by atoms with Crippen LogP contribution in [-0.4, -0.2) is 7.11 Å². The van der Waals surface area contributed by atoms with E-state index in [9.17, 15) is 4.79 Å². The monoisotopic (exact) mass is 154 g/mol. The molecule has 1 aromatic rings. The Morgan fingerprint density at radius 1 is 1.45 bits per heavy atom. The standard InChI is InChI=1S/C8H10O3/c1-5-4-11-8(10-3)6(2)7(5)9/h4H,1-3H3. The van der Waals surface area contributed by atoms with Gasteiger partial charge in [0.05, 0.1) is 12.7 Å². The summed E-state index contributed by atoms with van der Waals surface area (Å²) in [6.07, 6.45) is 1.40. The third kappa shape index (κ3) is 1.27. The van der Waals surface area contributed by atoms with E-state index in [1.807, 2.05) is 0 Å². The quantitative estimate of drug-likeness (QED) is 0.611. The van der Waals surface area contributed by atoms with E-state index in [1.165, 1.54) is 13.4 Å². The lowest BCUT2D eigenvalue weighted by Crippen LogP contribution is -2.09. The molecule has 0 saturated carbocycles. The van der Waals surface area contributed by atoms with Crippen molar-refractivity contribution in [2.45, 2.75) is 13.8 Å². The molecule has 3 heteroatoms. The second kappa shape index (κ2) is 2.78. The van der Waals surface area contributed by atoms with Gasteiger partial charge < -0.3 is 9.15 Å². The van der Waals surface area contributed by atoms with Crippen LogP contribution in [0.15, 0.2) is 15.5 Å². The van der Waals surface area contributed by atoms with Crippen LogP contribution in [0.3, 0.4) is 0 Å². The Morgan fingerprint density at radius 2 is 2.09 bits per heavy atom. The maximum Gasteiger partial charge on any atom is 0.290 e. The van der Waals surface area contributed by atoms with Gasteiger partial charge in [0.1, 0.15) is 6.26 Å². The first-order valence-electron chi connectivity index (χ1n) is 3.29. The molecule has 0 aromatic carbocycles. The van der Waals surface area contributed by atoms with Gasteiger partial charge in [0, 0.05) is 5.56 Å². The molecule has 0 fully saturated rings. The number of hydrogen-bond donors (Lipinski definition) is 0. The van der Waals surface area contributed by atoms with Crippen molar-refractivity contribution in [2.75, 3.05) is 7.11 Å². The SMILES string of the molecule is COc1occ(C)c(=O)c1C. The molecule has 1 heterocycles. The van der Waals surface area contributed by atoms with Gasteiger partial charge in [0.25, 0.3) is 5.95 Å². The molecule has 0 bridgehead atoms. The Hall–Kier alpha value is -1.25. The number of rotatable bonds is 1. The average Bonchev–Trinajstić information content (AvgIpc) is 2.01. The van der Waals surface area contributed by atoms with E-state index in [2.05, 4.69) is 0 Å². The van der Waals surface area contributed by atoms with Crippen LogP contribution in [0.5, 0.6) is 5.95 Å². The Balaban J connectivity index is 3.37. The van der Waals surface area contributed by atoms with Gasteiger partial charge in [-0.25, -0.2) is 0 Å². The van der Waals surface area contributed by atoms with E-state index in [0.717, 1.165) is 0 Å². The lowest BCUT2D eigenvalue weighted by atomic mass is 10.2. The van der Waals surface area contributed by atoms with E-state index in [4.69, 9.17) is 9.15 Å². The molecule has 0 saturated heterocycles. The predicted octanol–water partition coefficient (Wildman–Crippen LogP) is 1.27. The Morgan fingerprint density at radius 3 is 2.64 bits per heavy atom. The maximum atomic E-state index is 11.2. The van der Waals surface area contributed by atoms with Gasteiger partial charge in [-0.15, -0.1) is 0 Å². The normalized spacial score (nSPS) is 9.73. The molecule has 0 unspecified atom stereocenters. The largest absolute Gasteiger partial charge is 0.468 e. The second-order valence-electron chi connectivity index (χ2n) is 2.36. The fraction of sp³-hybridized carbons (Fsp3) is 0.375. The highest BCUT2D eigenvalue weighted by atomic mass is 16.6. The summed E-state index contributed by atoms with van der Waals surface area (Å²) in [6.45, 7) is 3.38. The highest BCUT2D eigenvalue weighted by Gasteiger charge is 2.05. The number of ether oxygens (including phenoxy) is 1. The Bertz CT molecular complexity index is 312. The molecule has 1 aromatic heterocycles. The van der Waals surface area contributed by atoms with Crippen molar-refractivity contribution >= 4 is 0 Å². The zero-order chi connectivity index (χ0) is 8.43. The summed E-state index contributed by atoms with van der Waals surface area (Å²) >= 11 is 0. The molecule has 1 rings (SSSR count). The molecular formula is C8H10O3. The molecule has 0 atom stereocenters. The van der Waals surface area contributed by atoms with Gasteiger partial charge >= 0.3 is 0 Å². The van der Waals surface area contributed by atoms with Crippen molar-refractivity contribution in [1.29, 1.82) is 0 Å². The van der Waals surface area contributed by atoms with Gasteiger partial charge in [-0.05, 0) is 13.8 Å². The molecule has 0 amide bonds. The van der Waals surface area contributed by atoms with Crippen molar-refractivity contribution in [1.82, 2.24) is 0 Å². The molecular weight excluding hydrogens is 144 g/mol. The van der Waals surface area contributed by atoms with Gasteiger partial charge in [-0.1, -0.05) is 0 Å². The summed E-state index contributed by atoms with van der Waals surface area (Å²) in [5.41, 5.74) is 1.10. The lowest BCUT2D eigenvalue weighted by molar-refractivity contribution is 0.291. The summed E-state index contributed by atoms with van der Waals surface area (Å²) in [4.78, 5) is 11.2. The molecule has 0 aliphatic carbocycles. The molecule has 0 radical (unpaired) electrons. The minimum atomic E-state index is -0.0203. The van der Waals surface area contributed by atoms with Crippen LogP contribution < -0.4 is 10.2 Å². The van der Waals surface area contributed by atoms with Crippen LogP contribution in [0.2, 0.25) is 0 Å². The molecule has 3 nitrogen and oxygen atoms in total. The maximum absolute atomic E-state index is 11.2. The number of aryl methyl sites for hydroxylation is 1. The first-order chi connectivity index (χ1) is 5.16. The average molecular weight is 154 g/mol. The minimum absolute atomic E-state index is 0.0203. The van der Waals surface area contributed by atoms with Gasteiger partial charge in [-0.3, -0.25) is 4.79 Å². The van der Waals surface area contributed by atoms with Crippen LogP contribution in [0.1, 0.15) is 11.1 Å². The summed E-state index contributed by atoms with van der Waals surface area (Å²) in [6, 6.07) is 0. The summed E-state index contributed by atoms with van der Waals surface area (Å²) in [5, 5.41) is 0. The van der Waals surface area contributed by atoms with Crippen LogP contribution in [0.4, 0.5) is 0 Å². The Kier molecular flexibility index (Phi) is 1.98. The van der Waals surface area contributed by atoms with Gasteiger partial charge in [0.2, 0.25) is 0 Å². The van der Waals surface area contributed by atoms with Crippen LogP contribution in [0, 0.1) is 13.8 Å². The topological polar surface area (TPSA) is 39.4 Å². The Labute approximate surface area is 64.6 Å². The zero-order valence-corrected chi connectivity index (χ0v) is 6.80. The van der Waals surface area contributed by atoms with E-state index in [1.54, 1.807) is 13.8 Å².